The minimum atomic E-state index is 0.236. The predicted molar refractivity (Wildman–Crippen MR) is 79.1 cm³/mol. The van der Waals surface area contributed by atoms with Crippen LogP contribution in [0.3, 0.4) is 0 Å². The van der Waals surface area contributed by atoms with Crippen LogP contribution >= 0.6 is 0 Å². The molecule has 0 spiro atoms. The summed E-state index contributed by atoms with van der Waals surface area (Å²) in [7, 11) is 2.21. The molecule has 3 heteroatoms. The first-order chi connectivity index (χ1) is 9.23. The first-order valence-corrected chi connectivity index (χ1v) is 7.44. The van der Waals surface area contributed by atoms with E-state index in [1.54, 1.807) is 0 Å². The predicted octanol–water partition coefficient (Wildman–Crippen LogP) is 1.47. The second kappa shape index (κ2) is 5.23. The van der Waals surface area contributed by atoms with E-state index in [4.69, 9.17) is 5.73 Å². The SMILES string of the molecule is CN1CCC(CN)(N2CCc3ccccc3C2)CC1. The molecule has 1 saturated heterocycles. The Morgan fingerprint density at radius 2 is 1.79 bits per heavy atom. The molecule has 2 aliphatic heterocycles. The average Bonchev–Trinajstić information content (AvgIpc) is 2.48. The molecule has 0 unspecified atom stereocenters. The van der Waals surface area contributed by atoms with Crippen LogP contribution in [0.4, 0.5) is 0 Å². The summed E-state index contributed by atoms with van der Waals surface area (Å²) < 4.78 is 0. The summed E-state index contributed by atoms with van der Waals surface area (Å²) in [6.07, 6.45) is 3.60. The van der Waals surface area contributed by atoms with Crippen LogP contribution in [0, 0.1) is 0 Å². The van der Waals surface area contributed by atoms with Gasteiger partial charge < -0.3 is 10.6 Å². The Balaban J connectivity index is 1.79. The third kappa shape index (κ3) is 2.42. The van der Waals surface area contributed by atoms with Crippen LogP contribution in [0.25, 0.3) is 0 Å². The fourth-order valence-corrected chi connectivity index (χ4v) is 3.58. The highest BCUT2D eigenvalue weighted by molar-refractivity contribution is 5.29. The lowest BCUT2D eigenvalue weighted by Crippen LogP contribution is -2.59. The zero-order chi connectivity index (χ0) is 13.3. The Morgan fingerprint density at radius 3 is 2.47 bits per heavy atom. The summed E-state index contributed by atoms with van der Waals surface area (Å²) >= 11 is 0. The van der Waals surface area contributed by atoms with E-state index < -0.39 is 0 Å². The van der Waals surface area contributed by atoms with Gasteiger partial charge in [0.15, 0.2) is 0 Å². The van der Waals surface area contributed by atoms with Crippen LogP contribution in [0.2, 0.25) is 0 Å². The van der Waals surface area contributed by atoms with Crippen molar-refractivity contribution in [2.75, 3.05) is 33.2 Å². The summed E-state index contributed by atoms with van der Waals surface area (Å²) in [5.74, 6) is 0. The van der Waals surface area contributed by atoms with Crippen molar-refractivity contribution < 1.29 is 0 Å². The molecule has 0 aliphatic carbocycles. The summed E-state index contributed by atoms with van der Waals surface area (Å²) in [6, 6.07) is 8.87. The zero-order valence-electron chi connectivity index (χ0n) is 11.9. The average molecular weight is 259 g/mol. The minimum Gasteiger partial charge on any atom is -0.329 e. The molecule has 2 N–H and O–H groups in total. The van der Waals surface area contributed by atoms with Gasteiger partial charge in [0, 0.05) is 25.2 Å². The van der Waals surface area contributed by atoms with Crippen LogP contribution < -0.4 is 5.73 Å². The number of piperidine rings is 1. The van der Waals surface area contributed by atoms with E-state index in [0.717, 1.165) is 19.6 Å². The van der Waals surface area contributed by atoms with E-state index in [1.165, 1.54) is 43.5 Å². The van der Waals surface area contributed by atoms with Crippen molar-refractivity contribution in [2.24, 2.45) is 5.73 Å². The minimum absolute atomic E-state index is 0.236. The Bertz CT molecular complexity index is 435. The molecule has 0 aromatic heterocycles. The summed E-state index contributed by atoms with van der Waals surface area (Å²) in [4.78, 5) is 5.08. The lowest BCUT2D eigenvalue weighted by molar-refractivity contribution is 0.0236. The number of hydrogen-bond acceptors (Lipinski definition) is 3. The van der Waals surface area contributed by atoms with Crippen molar-refractivity contribution in [2.45, 2.75) is 31.3 Å². The molecule has 0 amide bonds. The van der Waals surface area contributed by atoms with Crippen molar-refractivity contribution >= 4 is 0 Å². The van der Waals surface area contributed by atoms with Gasteiger partial charge in [-0.25, -0.2) is 0 Å². The molecular formula is C16H25N3. The smallest absolute Gasteiger partial charge is 0.0359 e. The fraction of sp³-hybridized carbons (Fsp3) is 0.625. The molecule has 2 heterocycles. The van der Waals surface area contributed by atoms with Gasteiger partial charge in [0.1, 0.15) is 0 Å². The molecule has 0 saturated carbocycles. The quantitative estimate of drug-likeness (QED) is 0.873. The molecule has 0 bridgehead atoms. The first-order valence-electron chi connectivity index (χ1n) is 7.44. The number of benzene rings is 1. The number of nitrogens with two attached hydrogens (primary N) is 1. The van der Waals surface area contributed by atoms with Crippen LogP contribution in [0.1, 0.15) is 24.0 Å². The molecule has 1 aromatic rings. The van der Waals surface area contributed by atoms with Crippen LogP contribution in [-0.4, -0.2) is 48.6 Å². The van der Waals surface area contributed by atoms with Gasteiger partial charge in [-0.2, -0.15) is 0 Å². The molecular weight excluding hydrogens is 234 g/mol. The third-order valence-corrected chi connectivity index (χ3v) is 5.10. The van der Waals surface area contributed by atoms with E-state index in [1.807, 2.05) is 0 Å². The Hall–Kier alpha value is -0.900. The van der Waals surface area contributed by atoms with Gasteiger partial charge in [-0.15, -0.1) is 0 Å². The maximum atomic E-state index is 6.17. The maximum Gasteiger partial charge on any atom is 0.0359 e. The Labute approximate surface area is 116 Å². The number of nitrogens with zero attached hydrogens (tertiary/aromatic N) is 2. The van der Waals surface area contributed by atoms with Crippen molar-refractivity contribution in [1.82, 2.24) is 9.80 Å². The van der Waals surface area contributed by atoms with Gasteiger partial charge in [-0.3, -0.25) is 4.90 Å². The van der Waals surface area contributed by atoms with Crippen LogP contribution in [-0.2, 0) is 13.0 Å². The van der Waals surface area contributed by atoms with Gasteiger partial charge in [-0.05, 0) is 50.5 Å². The lowest BCUT2D eigenvalue weighted by atomic mass is 9.83. The highest BCUT2D eigenvalue weighted by Gasteiger charge is 2.39. The number of fused-ring (bicyclic) bond motifs is 1. The van der Waals surface area contributed by atoms with Crippen LogP contribution in [0.15, 0.2) is 24.3 Å². The molecule has 3 nitrogen and oxygen atoms in total. The Kier molecular flexibility index (Phi) is 3.61. The van der Waals surface area contributed by atoms with Gasteiger partial charge in [0.2, 0.25) is 0 Å². The first kappa shape index (κ1) is 13.1. The monoisotopic (exact) mass is 259 g/mol. The van der Waals surface area contributed by atoms with Gasteiger partial charge >= 0.3 is 0 Å². The van der Waals surface area contributed by atoms with Gasteiger partial charge in [-0.1, -0.05) is 24.3 Å². The van der Waals surface area contributed by atoms with E-state index >= 15 is 0 Å². The topological polar surface area (TPSA) is 32.5 Å². The van der Waals surface area contributed by atoms with E-state index in [-0.39, 0.29) is 5.54 Å². The van der Waals surface area contributed by atoms with Crippen molar-refractivity contribution in [3.8, 4) is 0 Å². The molecule has 19 heavy (non-hydrogen) atoms. The fourth-order valence-electron chi connectivity index (χ4n) is 3.58. The Morgan fingerprint density at radius 1 is 1.11 bits per heavy atom. The van der Waals surface area contributed by atoms with Gasteiger partial charge in [0.25, 0.3) is 0 Å². The maximum absolute atomic E-state index is 6.17. The normalized spacial score (nSPS) is 24.1. The number of hydrogen-bond donors (Lipinski definition) is 1. The van der Waals surface area contributed by atoms with E-state index in [9.17, 15) is 0 Å². The molecule has 1 fully saturated rings. The van der Waals surface area contributed by atoms with Crippen molar-refractivity contribution in [3.63, 3.8) is 0 Å². The molecule has 0 atom stereocenters. The standard InChI is InChI=1S/C16H25N3/c1-18-10-7-16(13-17,8-11-18)19-9-6-14-4-2-3-5-15(14)12-19/h2-5H,6-13,17H2,1H3. The molecule has 0 radical (unpaired) electrons. The summed E-state index contributed by atoms with van der Waals surface area (Å²) in [5.41, 5.74) is 9.44. The van der Waals surface area contributed by atoms with Crippen LogP contribution in [0.5, 0.6) is 0 Å². The molecule has 1 aromatic carbocycles. The van der Waals surface area contributed by atoms with E-state index in [0.29, 0.717) is 0 Å². The number of likely N-dealkylation sites (tertiary alicyclic amines) is 1. The second-order valence-corrected chi connectivity index (χ2v) is 6.17. The zero-order valence-corrected chi connectivity index (χ0v) is 11.9. The lowest BCUT2D eigenvalue weighted by Gasteiger charge is -2.49. The largest absolute Gasteiger partial charge is 0.329 e. The third-order valence-electron chi connectivity index (χ3n) is 5.10. The van der Waals surface area contributed by atoms with Crippen molar-refractivity contribution in [1.29, 1.82) is 0 Å². The molecule has 104 valence electrons. The molecule has 3 rings (SSSR count). The highest BCUT2D eigenvalue weighted by atomic mass is 15.2. The number of rotatable bonds is 2. The highest BCUT2D eigenvalue weighted by Crippen LogP contribution is 2.32. The van der Waals surface area contributed by atoms with Crippen molar-refractivity contribution in [3.05, 3.63) is 35.4 Å². The second-order valence-electron chi connectivity index (χ2n) is 6.17. The molecule has 2 aliphatic rings. The summed E-state index contributed by atoms with van der Waals surface area (Å²) in [5, 5.41) is 0. The van der Waals surface area contributed by atoms with E-state index in [2.05, 4.69) is 41.1 Å². The van der Waals surface area contributed by atoms with Gasteiger partial charge in [0.05, 0.1) is 0 Å². The summed E-state index contributed by atoms with van der Waals surface area (Å²) in [6.45, 7) is 5.39.